The van der Waals surface area contributed by atoms with E-state index in [1.165, 1.54) is 6.07 Å². The molecule has 1 heterocycles. The highest BCUT2D eigenvalue weighted by Crippen LogP contribution is 2.23. The number of hydrogen-bond acceptors (Lipinski definition) is 3. The van der Waals surface area contributed by atoms with Crippen LogP contribution in [0.15, 0.2) is 23.6 Å². The van der Waals surface area contributed by atoms with Crippen LogP contribution < -0.4 is 5.32 Å². The molecule has 2 nitrogen and oxygen atoms in total. The Kier molecular flexibility index (Phi) is 5.52. The van der Waals surface area contributed by atoms with Crippen LogP contribution >= 0.6 is 22.9 Å². The maximum atomic E-state index is 13.9. The average molecular weight is 313 g/mol. The summed E-state index contributed by atoms with van der Waals surface area (Å²) in [7, 11) is 0. The molecule has 2 rings (SSSR count). The first kappa shape index (κ1) is 15.4. The van der Waals surface area contributed by atoms with Gasteiger partial charge in [-0.3, -0.25) is 0 Å². The Morgan fingerprint density at radius 3 is 2.85 bits per heavy atom. The Hall–Kier alpha value is -0.970. The van der Waals surface area contributed by atoms with Crippen molar-refractivity contribution in [2.24, 2.45) is 0 Å². The third kappa shape index (κ3) is 4.01. The van der Waals surface area contributed by atoms with Crippen LogP contribution in [0.2, 0.25) is 5.02 Å². The summed E-state index contributed by atoms with van der Waals surface area (Å²) in [6.45, 7) is 4.98. The summed E-state index contributed by atoms with van der Waals surface area (Å²) in [6.07, 6.45) is 1.61. The summed E-state index contributed by atoms with van der Waals surface area (Å²) in [6, 6.07) is 4.87. The number of benzene rings is 1. The lowest BCUT2D eigenvalue weighted by Gasteiger charge is -2.17. The summed E-state index contributed by atoms with van der Waals surface area (Å²) in [5.74, 6) is -0.257. The minimum Gasteiger partial charge on any atom is -0.308 e. The SMILES string of the molecule is CCCNC(Cc1ccc(Cl)cc1F)c1csc(C)n1. The van der Waals surface area contributed by atoms with Crippen molar-refractivity contribution in [3.8, 4) is 0 Å². The van der Waals surface area contributed by atoms with E-state index in [4.69, 9.17) is 11.6 Å². The zero-order valence-corrected chi connectivity index (χ0v) is 13.2. The molecule has 1 unspecified atom stereocenters. The van der Waals surface area contributed by atoms with Crippen molar-refractivity contribution in [2.75, 3.05) is 6.54 Å². The van der Waals surface area contributed by atoms with E-state index in [9.17, 15) is 4.39 Å². The number of aromatic nitrogens is 1. The van der Waals surface area contributed by atoms with Crippen LogP contribution in [0.5, 0.6) is 0 Å². The van der Waals surface area contributed by atoms with E-state index < -0.39 is 0 Å². The fourth-order valence-corrected chi connectivity index (χ4v) is 2.87. The predicted octanol–water partition coefficient (Wildman–Crippen LogP) is 4.53. The van der Waals surface area contributed by atoms with E-state index in [-0.39, 0.29) is 11.9 Å². The molecule has 1 N–H and O–H groups in total. The molecule has 0 spiro atoms. The lowest BCUT2D eigenvalue weighted by Crippen LogP contribution is -2.24. The molecule has 0 bridgehead atoms. The summed E-state index contributed by atoms with van der Waals surface area (Å²) in [5, 5.41) is 6.92. The first-order valence-corrected chi connectivity index (χ1v) is 7.95. The minimum atomic E-state index is -0.257. The lowest BCUT2D eigenvalue weighted by atomic mass is 10.0. The monoisotopic (exact) mass is 312 g/mol. The summed E-state index contributed by atoms with van der Waals surface area (Å²) < 4.78 is 13.9. The van der Waals surface area contributed by atoms with Crippen LogP contribution in [-0.4, -0.2) is 11.5 Å². The van der Waals surface area contributed by atoms with Gasteiger partial charge in [0.1, 0.15) is 5.82 Å². The minimum absolute atomic E-state index is 0.0376. The van der Waals surface area contributed by atoms with Crippen molar-refractivity contribution >= 4 is 22.9 Å². The fourth-order valence-electron chi connectivity index (χ4n) is 2.05. The molecule has 0 saturated carbocycles. The van der Waals surface area contributed by atoms with E-state index in [1.54, 1.807) is 23.5 Å². The maximum Gasteiger partial charge on any atom is 0.127 e. The van der Waals surface area contributed by atoms with Gasteiger partial charge >= 0.3 is 0 Å². The Labute approximate surface area is 128 Å². The van der Waals surface area contributed by atoms with Crippen LogP contribution in [0.25, 0.3) is 0 Å². The molecule has 0 fully saturated rings. The quantitative estimate of drug-likeness (QED) is 0.848. The zero-order valence-electron chi connectivity index (χ0n) is 11.6. The molecular formula is C15H18ClFN2S. The normalized spacial score (nSPS) is 12.6. The Morgan fingerprint density at radius 2 is 2.25 bits per heavy atom. The third-order valence-electron chi connectivity index (χ3n) is 3.07. The summed E-state index contributed by atoms with van der Waals surface area (Å²) in [4.78, 5) is 4.51. The maximum absolute atomic E-state index is 13.9. The fraction of sp³-hybridized carbons (Fsp3) is 0.400. The smallest absolute Gasteiger partial charge is 0.127 e. The van der Waals surface area contributed by atoms with Crippen molar-refractivity contribution in [3.63, 3.8) is 0 Å². The van der Waals surface area contributed by atoms with Gasteiger partial charge in [0.05, 0.1) is 16.7 Å². The molecule has 0 aliphatic carbocycles. The van der Waals surface area contributed by atoms with Crippen molar-refractivity contribution in [1.82, 2.24) is 10.3 Å². The number of nitrogens with one attached hydrogen (secondary N) is 1. The van der Waals surface area contributed by atoms with Gasteiger partial charge in [0.15, 0.2) is 0 Å². The van der Waals surface area contributed by atoms with Gasteiger partial charge < -0.3 is 5.32 Å². The molecule has 2 aromatic rings. The molecule has 1 atom stereocenters. The Bertz CT molecular complexity index is 571. The highest BCUT2D eigenvalue weighted by atomic mass is 35.5. The average Bonchev–Trinajstić information content (AvgIpc) is 2.83. The largest absolute Gasteiger partial charge is 0.308 e. The number of aryl methyl sites for hydroxylation is 1. The topological polar surface area (TPSA) is 24.9 Å². The first-order valence-electron chi connectivity index (χ1n) is 6.69. The highest BCUT2D eigenvalue weighted by Gasteiger charge is 2.16. The van der Waals surface area contributed by atoms with E-state index in [2.05, 4.69) is 17.2 Å². The molecule has 0 radical (unpaired) electrons. The van der Waals surface area contributed by atoms with Gasteiger partial charge in [-0.2, -0.15) is 0 Å². The van der Waals surface area contributed by atoms with E-state index in [1.807, 2.05) is 12.3 Å². The predicted molar refractivity (Wildman–Crippen MR) is 83.0 cm³/mol. The number of hydrogen-bond donors (Lipinski definition) is 1. The van der Waals surface area contributed by atoms with Gasteiger partial charge in [0.25, 0.3) is 0 Å². The van der Waals surface area contributed by atoms with E-state index in [0.717, 1.165) is 23.7 Å². The molecule has 1 aromatic heterocycles. The van der Waals surface area contributed by atoms with Crippen LogP contribution in [0.4, 0.5) is 4.39 Å². The number of halogens is 2. The molecule has 0 aliphatic rings. The first-order chi connectivity index (χ1) is 9.60. The van der Waals surface area contributed by atoms with Crippen LogP contribution in [-0.2, 0) is 6.42 Å². The standard InChI is InChI=1S/C15H18ClFN2S/c1-3-6-18-14(15-9-20-10(2)19-15)7-11-4-5-12(16)8-13(11)17/h4-5,8-9,14,18H,3,6-7H2,1-2H3. The summed E-state index contributed by atoms with van der Waals surface area (Å²) >= 11 is 7.41. The molecule has 108 valence electrons. The van der Waals surface area contributed by atoms with Crippen LogP contribution in [0, 0.1) is 12.7 Å². The van der Waals surface area contributed by atoms with Gasteiger partial charge in [0.2, 0.25) is 0 Å². The second-order valence-electron chi connectivity index (χ2n) is 4.74. The van der Waals surface area contributed by atoms with Crippen molar-refractivity contribution in [3.05, 3.63) is 50.7 Å². The van der Waals surface area contributed by atoms with E-state index in [0.29, 0.717) is 17.0 Å². The number of thiazole rings is 1. The molecule has 0 saturated heterocycles. The van der Waals surface area contributed by atoms with Gasteiger partial charge in [-0.05, 0) is 44.0 Å². The lowest BCUT2D eigenvalue weighted by molar-refractivity contribution is 0.505. The van der Waals surface area contributed by atoms with E-state index >= 15 is 0 Å². The Morgan fingerprint density at radius 1 is 1.45 bits per heavy atom. The van der Waals surface area contributed by atoms with Gasteiger partial charge in [0, 0.05) is 10.4 Å². The number of nitrogens with zero attached hydrogens (tertiary/aromatic N) is 1. The van der Waals surface area contributed by atoms with Crippen molar-refractivity contribution < 1.29 is 4.39 Å². The third-order valence-corrected chi connectivity index (χ3v) is 4.10. The molecule has 0 aliphatic heterocycles. The van der Waals surface area contributed by atoms with Crippen LogP contribution in [0.3, 0.4) is 0 Å². The molecule has 20 heavy (non-hydrogen) atoms. The van der Waals surface area contributed by atoms with Crippen molar-refractivity contribution in [1.29, 1.82) is 0 Å². The second kappa shape index (κ2) is 7.16. The van der Waals surface area contributed by atoms with Gasteiger partial charge in [-0.25, -0.2) is 9.37 Å². The second-order valence-corrected chi connectivity index (χ2v) is 6.24. The Balaban J connectivity index is 2.18. The van der Waals surface area contributed by atoms with Crippen molar-refractivity contribution in [2.45, 2.75) is 32.7 Å². The van der Waals surface area contributed by atoms with Crippen LogP contribution in [0.1, 0.15) is 35.7 Å². The zero-order chi connectivity index (χ0) is 14.5. The number of rotatable bonds is 6. The van der Waals surface area contributed by atoms with Gasteiger partial charge in [-0.15, -0.1) is 11.3 Å². The molecular weight excluding hydrogens is 295 g/mol. The molecule has 1 aromatic carbocycles. The highest BCUT2D eigenvalue weighted by molar-refractivity contribution is 7.09. The van der Waals surface area contributed by atoms with Gasteiger partial charge in [-0.1, -0.05) is 24.6 Å². The summed E-state index contributed by atoms with van der Waals surface area (Å²) in [5.41, 5.74) is 1.64. The molecule has 5 heteroatoms. The molecule has 0 amide bonds.